The number of rotatable bonds is 4. The highest BCUT2D eigenvalue weighted by Crippen LogP contribution is 2.22. The summed E-state index contributed by atoms with van der Waals surface area (Å²) in [6.45, 7) is 3.82. The number of piperidine rings is 1. The van der Waals surface area contributed by atoms with Gasteiger partial charge in [-0.25, -0.2) is 0 Å². The summed E-state index contributed by atoms with van der Waals surface area (Å²) in [7, 11) is 0. The summed E-state index contributed by atoms with van der Waals surface area (Å²) in [6.07, 6.45) is 5.55. The SMILES string of the molecule is CC(=O)N1CCC(CCCCO)CC1. The topological polar surface area (TPSA) is 40.5 Å². The van der Waals surface area contributed by atoms with Crippen molar-refractivity contribution in [2.45, 2.75) is 39.0 Å². The Morgan fingerprint density at radius 2 is 2.00 bits per heavy atom. The van der Waals surface area contributed by atoms with Crippen LogP contribution in [0, 0.1) is 5.92 Å². The predicted octanol–water partition coefficient (Wildman–Crippen LogP) is 1.41. The van der Waals surface area contributed by atoms with Crippen molar-refractivity contribution < 1.29 is 9.90 Å². The molecule has 1 fully saturated rings. The van der Waals surface area contributed by atoms with E-state index in [1.165, 1.54) is 6.42 Å². The van der Waals surface area contributed by atoms with Gasteiger partial charge >= 0.3 is 0 Å². The Labute approximate surface area is 86.1 Å². The molecule has 0 spiro atoms. The molecule has 3 nitrogen and oxygen atoms in total. The molecule has 0 bridgehead atoms. The molecule has 0 unspecified atom stereocenters. The van der Waals surface area contributed by atoms with E-state index in [4.69, 9.17) is 5.11 Å². The van der Waals surface area contributed by atoms with Crippen LogP contribution in [0.3, 0.4) is 0 Å². The van der Waals surface area contributed by atoms with Crippen molar-refractivity contribution in [2.75, 3.05) is 19.7 Å². The van der Waals surface area contributed by atoms with Crippen molar-refractivity contribution >= 4 is 5.91 Å². The highest BCUT2D eigenvalue weighted by Gasteiger charge is 2.19. The molecule has 1 aliphatic rings. The van der Waals surface area contributed by atoms with E-state index in [9.17, 15) is 4.79 Å². The molecule has 1 N–H and O–H groups in total. The van der Waals surface area contributed by atoms with E-state index < -0.39 is 0 Å². The minimum atomic E-state index is 0.207. The van der Waals surface area contributed by atoms with Gasteiger partial charge in [0, 0.05) is 26.6 Å². The van der Waals surface area contributed by atoms with E-state index in [0.717, 1.165) is 44.7 Å². The molecule has 82 valence electrons. The maximum absolute atomic E-state index is 11.1. The molecule has 1 amide bonds. The summed E-state index contributed by atoms with van der Waals surface area (Å²) in [5.74, 6) is 0.982. The average molecular weight is 199 g/mol. The first-order chi connectivity index (χ1) is 6.74. The number of aliphatic hydroxyl groups excluding tert-OH is 1. The van der Waals surface area contributed by atoms with E-state index in [1.54, 1.807) is 6.92 Å². The zero-order valence-electron chi connectivity index (χ0n) is 9.04. The molecule has 0 atom stereocenters. The Morgan fingerprint density at radius 3 is 2.50 bits per heavy atom. The van der Waals surface area contributed by atoms with Crippen molar-refractivity contribution in [1.82, 2.24) is 4.90 Å². The molecular formula is C11H21NO2. The van der Waals surface area contributed by atoms with Crippen LogP contribution in [0.25, 0.3) is 0 Å². The van der Waals surface area contributed by atoms with E-state index in [-0.39, 0.29) is 5.91 Å². The first-order valence-electron chi connectivity index (χ1n) is 5.60. The van der Waals surface area contributed by atoms with Gasteiger partial charge in [-0.1, -0.05) is 12.8 Å². The normalized spacial score (nSPS) is 18.6. The number of carbonyl (C=O) groups excluding carboxylic acids is 1. The van der Waals surface area contributed by atoms with Gasteiger partial charge in [-0.3, -0.25) is 4.79 Å². The molecule has 14 heavy (non-hydrogen) atoms. The van der Waals surface area contributed by atoms with Crippen LogP contribution in [-0.4, -0.2) is 35.6 Å². The first-order valence-corrected chi connectivity index (χ1v) is 5.60. The summed E-state index contributed by atoms with van der Waals surface area (Å²) in [5.41, 5.74) is 0. The molecule has 0 saturated carbocycles. The minimum absolute atomic E-state index is 0.207. The van der Waals surface area contributed by atoms with Gasteiger partial charge in [-0.05, 0) is 25.2 Å². The number of aliphatic hydroxyl groups is 1. The van der Waals surface area contributed by atoms with Gasteiger partial charge in [0.15, 0.2) is 0 Å². The van der Waals surface area contributed by atoms with E-state index in [2.05, 4.69) is 0 Å². The Morgan fingerprint density at radius 1 is 1.36 bits per heavy atom. The first kappa shape index (κ1) is 11.5. The Hall–Kier alpha value is -0.570. The number of carbonyl (C=O) groups is 1. The van der Waals surface area contributed by atoms with Gasteiger partial charge in [0.25, 0.3) is 0 Å². The van der Waals surface area contributed by atoms with E-state index in [1.807, 2.05) is 4.90 Å². The van der Waals surface area contributed by atoms with Crippen LogP contribution < -0.4 is 0 Å². The van der Waals surface area contributed by atoms with Crippen LogP contribution in [-0.2, 0) is 4.79 Å². The van der Waals surface area contributed by atoms with Crippen molar-refractivity contribution in [1.29, 1.82) is 0 Å². The Balaban J connectivity index is 2.12. The van der Waals surface area contributed by atoms with Crippen LogP contribution in [0.1, 0.15) is 39.0 Å². The second kappa shape index (κ2) is 6.02. The third-order valence-electron chi connectivity index (χ3n) is 3.08. The molecule has 0 radical (unpaired) electrons. The summed E-state index contributed by atoms with van der Waals surface area (Å²) >= 11 is 0. The van der Waals surface area contributed by atoms with Gasteiger partial charge in [0.2, 0.25) is 5.91 Å². The summed E-state index contributed by atoms with van der Waals surface area (Å²) < 4.78 is 0. The largest absolute Gasteiger partial charge is 0.396 e. The predicted molar refractivity (Wildman–Crippen MR) is 55.9 cm³/mol. The number of unbranched alkanes of at least 4 members (excludes halogenated alkanes) is 1. The third-order valence-corrected chi connectivity index (χ3v) is 3.08. The highest BCUT2D eigenvalue weighted by atomic mass is 16.2. The lowest BCUT2D eigenvalue weighted by Gasteiger charge is -2.31. The number of amides is 1. The minimum Gasteiger partial charge on any atom is -0.396 e. The summed E-state index contributed by atoms with van der Waals surface area (Å²) in [6, 6.07) is 0. The summed E-state index contributed by atoms with van der Waals surface area (Å²) in [5, 5.41) is 8.66. The second-order valence-corrected chi connectivity index (χ2v) is 4.17. The molecule has 3 heteroatoms. The standard InChI is InChI=1S/C11H21NO2/c1-10(14)12-7-5-11(6-8-12)4-2-3-9-13/h11,13H,2-9H2,1H3. The maximum atomic E-state index is 11.1. The number of likely N-dealkylation sites (tertiary alicyclic amines) is 1. The lowest BCUT2D eigenvalue weighted by molar-refractivity contribution is -0.130. The van der Waals surface area contributed by atoms with Gasteiger partial charge in [-0.15, -0.1) is 0 Å². The van der Waals surface area contributed by atoms with Gasteiger partial charge in [0.05, 0.1) is 0 Å². The van der Waals surface area contributed by atoms with Crippen LogP contribution in [0.2, 0.25) is 0 Å². The Kier molecular flexibility index (Phi) is 4.94. The fourth-order valence-corrected chi connectivity index (χ4v) is 2.08. The molecule has 1 saturated heterocycles. The molecule has 0 aromatic carbocycles. The van der Waals surface area contributed by atoms with Crippen LogP contribution >= 0.6 is 0 Å². The van der Waals surface area contributed by atoms with Crippen molar-refractivity contribution in [3.63, 3.8) is 0 Å². The lowest BCUT2D eigenvalue weighted by atomic mass is 9.91. The molecular weight excluding hydrogens is 178 g/mol. The highest BCUT2D eigenvalue weighted by molar-refractivity contribution is 5.73. The molecule has 1 aliphatic heterocycles. The van der Waals surface area contributed by atoms with Gasteiger partial charge in [-0.2, -0.15) is 0 Å². The zero-order chi connectivity index (χ0) is 10.4. The molecule has 1 rings (SSSR count). The van der Waals surface area contributed by atoms with Gasteiger partial charge < -0.3 is 10.0 Å². The summed E-state index contributed by atoms with van der Waals surface area (Å²) in [4.78, 5) is 13.0. The third kappa shape index (κ3) is 3.66. The van der Waals surface area contributed by atoms with Crippen LogP contribution in [0.5, 0.6) is 0 Å². The molecule has 1 heterocycles. The second-order valence-electron chi connectivity index (χ2n) is 4.17. The smallest absolute Gasteiger partial charge is 0.219 e. The quantitative estimate of drug-likeness (QED) is 0.695. The number of hydrogen-bond donors (Lipinski definition) is 1. The zero-order valence-corrected chi connectivity index (χ0v) is 9.04. The van der Waals surface area contributed by atoms with Crippen LogP contribution in [0.4, 0.5) is 0 Å². The average Bonchev–Trinajstić information content (AvgIpc) is 2.19. The fraction of sp³-hybridized carbons (Fsp3) is 0.909. The molecule has 0 aromatic rings. The molecule has 0 aliphatic carbocycles. The number of nitrogens with zero attached hydrogens (tertiary/aromatic N) is 1. The lowest BCUT2D eigenvalue weighted by Crippen LogP contribution is -2.36. The van der Waals surface area contributed by atoms with Crippen molar-refractivity contribution in [3.05, 3.63) is 0 Å². The Bertz CT molecular complexity index is 174. The maximum Gasteiger partial charge on any atom is 0.219 e. The van der Waals surface area contributed by atoms with Crippen LogP contribution in [0.15, 0.2) is 0 Å². The number of hydrogen-bond acceptors (Lipinski definition) is 2. The molecule has 0 aromatic heterocycles. The van der Waals surface area contributed by atoms with E-state index >= 15 is 0 Å². The fourth-order valence-electron chi connectivity index (χ4n) is 2.08. The van der Waals surface area contributed by atoms with Crippen molar-refractivity contribution in [2.24, 2.45) is 5.92 Å². The van der Waals surface area contributed by atoms with Gasteiger partial charge in [0.1, 0.15) is 0 Å². The van der Waals surface area contributed by atoms with Crippen molar-refractivity contribution in [3.8, 4) is 0 Å². The van der Waals surface area contributed by atoms with E-state index in [0.29, 0.717) is 6.61 Å². The monoisotopic (exact) mass is 199 g/mol.